The third-order valence-electron chi connectivity index (χ3n) is 1.24. The molecule has 1 atom stereocenters. The molecule has 0 aromatic heterocycles. The van der Waals surface area contributed by atoms with Crippen LogP contribution >= 0.6 is 34.8 Å². The van der Waals surface area contributed by atoms with Gasteiger partial charge < -0.3 is 14.2 Å². The predicted molar refractivity (Wildman–Crippen MR) is 58.1 cm³/mol. The molecule has 0 amide bonds. The fourth-order valence-electron chi connectivity index (χ4n) is 0.732. The van der Waals surface area contributed by atoms with Crippen molar-refractivity contribution in [2.45, 2.75) is 23.9 Å². The molecule has 0 rings (SSSR count). The number of alkyl halides is 3. The molecule has 0 aliphatic rings. The van der Waals surface area contributed by atoms with E-state index in [1.54, 1.807) is 0 Å². The Hall–Kier alpha value is 0.750. The first-order valence-corrected chi connectivity index (χ1v) is 5.50. The van der Waals surface area contributed by atoms with Gasteiger partial charge in [-0.2, -0.15) is 0 Å². The van der Waals surface area contributed by atoms with Gasteiger partial charge in [0, 0.05) is 13.2 Å². The first kappa shape index (κ1) is 14.8. The largest absolute Gasteiger partial charge is 0.376 e. The molecule has 0 fully saturated rings. The topological polar surface area (TPSA) is 27.7 Å². The summed E-state index contributed by atoms with van der Waals surface area (Å²) in [6.07, 6.45) is -0.476. The van der Waals surface area contributed by atoms with Crippen LogP contribution in [0.4, 0.5) is 0 Å². The molecule has 0 spiro atoms. The van der Waals surface area contributed by atoms with E-state index in [9.17, 15) is 0 Å². The van der Waals surface area contributed by atoms with E-state index in [2.05, 4.69) is 0 Å². The van der Waals surface area contributed by atoms with Crippen LogP contribution in [0.5, 0.6) is 0 Å². The fraction of sp³-hybridized carbons (Fsp3) is 1.00. The van der Waals surface area contributed by atoms with Crippen molar-refractivity contribution in [3.05, 3.63) is 0 Å². The average Bonchev–Trinajstić information content (AvgIpc) is 2.08. The minimum absolute atomic E-state index is 0.0184. The molecule has 86 valence electrons. The van der Waals surface area contributed by atoms with Gasteiger partial charge in [0.15, 0.2) is 6.29 Å². The smallest absolute Gasteiger partial charge is 0.213 e. The van der Waals surface area contributed by atoms with E-state index in [0.717, 1.165) is 0 Å². The van der Waals surface area contributed by atoms with Gasteiger partial charge >= 0.3 is 0 Å². The zero-order chi connectivity index (χ0) is 11.0. The molecule has 1 unspecified atom stereocenters. The zero-order valence-electron chi connectivity index (χ0n) is 8.26. The van der Waals surface area contributed by atoms with Gasteiger partial charge in [0.2, 0.25) is 3.79 Å². The normalized spacial score (nSPS) is 14.4. The molecule has 0 aliphatic carbocycles. The first-order chi connectivity index (χ1) is 6.49. The van der Waals surface area contributed by atoms with E-state index in [4.69, 9.17) is 49.0 Å². The lowest BCUT2D eigenvalue weighted by atomic mass is 10.6. The van der Waals surface area contributed by atoms with Crippen molar-refractivity contribution in [1.29, 1.82) is 0 Å². The van der Waals surface area contributed by atoms with E-state index in [1.807, 2.05) is 13.8 Å². The molecule has 0 aromatic carbocycles. The fourth-order valence-corrected chi connectivity index (χ4v) is 0.921. The Morgan fingerprint density at radius 2 is 1.71 bits per heavy atom. The van der Waals surface area contributed by atoms with E-state index in [0.29, 0.717) is 19.8 Å². The second-order valence-corrected chi connectivity index (χ2v) is 4.99. The maximum absolute atomic E-state index is 5.52. The van der Waals surface area contributed by atoms with Gasteiger partial charge in [-0.25, -0.2) is 0 Å². The third kappa shape index (κ3) is 9.31. The summed E-state index contributed by atoms with van der Waals surface area (Å²) in [5.41, 5.74) is 0. The molecule has 0 saturated carbocycles. The Bertz CT molecular complexity index is 138. The van der Waals surface area contributed by atoms with Crippen LogP contribution < -0.4 is 0 Å². The van der Waals surface area contributed by atoms with Crippen LogP contribution in [-0.2, 0) is 14.2 Å². The van der Waals surface area contributed by atoms with Gasteiger partial charge in [0.05, 0.1) is 13.2 Å². The first-order valence-electron chi connectivity index (χ1n) is 4.37. The third-order valence-corrected chi connectivity index (χ3v) is 1.57. The summed E-state index contributed by atoms with van der Waals surface area (Å²) in [6, 6.07) is 0. The minimum atomic E-state index is -1.42. The number of hydrogen-bond donors (Lipinski definition) is 0. The van der Waals surface area contributed by atoms with Crippen molar-refractivity contribution in [2.24, 2.45) is 0 Å². The summed E-state index contributed by atoms with van der Waals surface area (Å²) in [5.74, 6) is 0. The van der Waals surface area contributed by atoms with E-state index in [-0.39, 0.29) is 6.61 Å². The van der Waals surface area contributed by atoms with E-state index < -0.39 is 10.1 Å². The molecule has 0 aromatic rings. The van der Waals surface area contributed by atoms with Crippen molar-refractivity contribution in [2.75, 3.05) is 26.4 Å². The van der Waals surface area contributed by atoms with Gasteiger partial charge in [-0.1, -0.05) is 34.8 Å². The minimum Gasteiger partial charge on any atom is -0.376 e. The lowest BCUT2D eigenvalue weighted by Gasteiger charge is -2.20. The standard InChI is InChI=1S/C8H15Cl3O3/c1-3-12-5-7(13-4-2)14-6-8(9,10)11/h7H,3-6H2,1-2H3. The van der Waals surface area contributed by atoms with Crippen molar-refractivity contribution in [3.63, 3.8) is 0 Å². The lowest BCUT2D eigenvalue weighted by molar-refractivity contribution is -0.168. The molecule has 0 saturated heterocycles. The Balaban J connectivity index is 3.72. The van der Waals surface area contributed by atoms with Crippen LogP contribution in [0, 0.1) is 0 Å². The SMILES string of the molecule is CCOCC(OCC)OCC(Cl)(Cl)Cl. The molecule has 0 aliphatic heterocycles. The molecule has 0 N–H and O–H groups in total. The Morgan fingerprint density at radius 1 is 1.07 bits per heavy atom. The van der Waals surface area contributed by atoms with Gasteiger partial charge in [-0.05, 0) is 13.8 Å². The average molecular weight is 266 g/mol. The highest BCUT2D eigenvalue weighted by Gasteiger charge is 2.22. The van der Waals surface area contributed by atoms with Crippen LogP contribution in [0.2, 0.25) is 0 Å². The molecule has 14 heavy (non-hydrogen) atoms. The Labute approximate surface area is 99.5 Å². The maximum Gasteiger partial charge on any atom is 0.213 e. The highest BCUT2D eigenvalue weighted by Crippen LogP contribution is 2.26. The highest BCUT2D eigenvalue weighted by atomic mass is 35.6. The number of rotatable bonds is 7. The second kappa shape index (κ2) is 7.97. The summed E-state index contributed by atoms with van der Waals surface area (Å²) in [6.45, 7) is 5.19. The summed E-state index contributed by atoms with van der Waals surface area (Å²) < 4.78 is 14.1. The number of hydrogen-bond acceptors (Lipinski definition) is 3. The van der Waals surface area contributed by atoms with Gasteiger partial charge in [-0.15, -0.1) is 0 Å². The van der Waals surface area contributed by atoms with E-state index >= 15 is 0 Å². The number of halogens is 3. The monoisotopic (exact) mass is 264 g/mol. The van der Waals surface area contributed by atoms with Crippen LogP contribution in [0.1, 0.15) is 13.8 Å². The molecule has 3 nitrogen and oxygen atoms in total. The molecular weight excluding hydrogens is 250 g/mol. The molecular formula is C8H15Cl3O3. The number of ether oxygens (including phenoxy) is 3. The van der Waals surface area contributed by atoms with Crippen molar-refractivity contribution in [3.8, 4) is 0 Å². The lowest BCUT2D eigenvalue weighted by Crippen LogP contribution is -2.27. The van der Waals surface area contributed by atoms with Gasteiger partial charge in [0.25, 0.3) is 0 Å². The summed E-state index contributed by atoms with van der Waals surface area (Å²) >= 11 is 16.6. The molecule has 6 heteroatoms. The molecule has 0 bridgehead atoms. The van der Waals surface area contributed by atoms with Crippen molar-refractivity contribution in [1.82, 2.24) is 0 Å². The predicted octanol–water partition coefficient (Wildman–Crippen LogP) is 2.77. The van der Waals surface area contributed by atoms with E-state index in [1.165, 1.54) is 0 Å². The van der Waals surface area contributed by atoms with Crippen molar-refractivity contribution >= 4 is 34.8 Å². The van der Waals surface area contributed by atoms with Crippen LogP contribution in [0.3, 0.4) is 0 Å². The quantitative estimate of drug-likeness (QED) is 0.523. The summed E-state index contributed by atoms with van der Waals surface area (Å²) in [4.78, 5) is 0. The van der Waals surface area contributed by atoms with Crippen LogP contribution in [-0.4, -0.2) is 36.5 Å². The zero-order valence-corrected chi connectivity index (χ0v) is 10.5. The van der Waals surface area contributed by atoms with Crippen LogP contribution in [0.25, 0.3) is 0 Å². The molecule has 0 heterocycles. The maximum atomic E-state index is 5.52. The van der Waals surface area contributed by atoms with Crippen molar-refractivity contribution < 1.29 is 14.2 Å². The Kier molecular flexibility index (Phi) is 8.39. The van der Waals surface area contributed by atoms with Gasteiger partial charge in [0.1, 0.15) is 0 Å². The summed E-state index contributed by atoms with van der Waals surface area (Å²) in [7, 11) is 0. The van der Waals surface area contributed by atoms with Gasteiger partial charge in [-0.3, -0.25) is 0 Å². The highest BCUT2D eigenvalue weighted by molar-refractivity contribution is 6.67. The Morgan fingerprint density at radius 3 is 2.14 bits per heavy atom. The molecule has 0 radical (unpaired) electrons. The summed E-state index contributed by atoms with van der Waals surface area (Å²) in [5, 5.41) is 0. The van der Waals surface area contributed by atoms with Crippen LogP contribution in [0.15, 0.2) is 0 Å². The second-order valence-electron chi connectivity index (χ2n) is 2.47.